The van der Waals surface area contributed by atoms with Gasteiger partial charge in [0.25, 0.3) is 11.8 Å². The topological polar surface area (TPSA) is 86.8 Å². The summed E-state index contributed by atoms with van der Waals surface area (Å²) < 4.78 is 0.772. The molecule has 1 unspecified atom stereocenters. The maximum absolute atomic E-state index is 13.6. The monoisotopic (exact) mass is 525 g/mol. The summed E-state index contributed by atoms with van der Waals surface area (Å²) in [6, 6.07) is 14.1. The largest absolute Gasteiger partial charge is 0.340 e. The Kier molecular flexibility index (Phi) is 7.16. The van der Waals surface area contributed by atoms with E-state index in [1.165, 1.54) is 0 Å². The molecule has 2 aromatic carbocycles. The molecule has 8 heteroatoms. The van der Waals surface area contributed by atoms with Crippen molar-refractivity contribution in [2.75, 3.05) is 13.1 Å². The summed E-state index contributed by atoms with van der Waals surface area (Å²) in [6.07, 6.45) is 0.988. The number of carbonyl (C=O) groups is 4. The van der Waals surface area contributed by atoms with E-state index in [1.807, 2.05) is 26.0 Å². The lowest BCUT2D eigenvalue weighted by Crippen LogP contribution is -2.53. The van der Waals surface area contributed by atoms with Gasteiger partial charge in [0.2, 0.25) is 5.91 Å². The summed E-state index contributed by atoms with van der Waals surface area (Å²) in [5.41, 5.74) is 0.978. The molecule has 34 heavy (non-hydrogen) atoms. The van der Waals surface area contributed by atoms with Gasteiger partial charge in [-0.1, -0.05) is 54.0 Å². The summed E-state index contributed by atoms with van der Waals surface area (Å²) in [7, 11) is 0. The SMILES string of the molecule is CC(C)C[C@H](NC(=O)c1cccc(Br)c1)C(=O)N1CCC2[C@H]1C(=O)CN2C(=O)c1ccccc1. The van der Waals surface area contributed by atoms with E-state index >= 15 is 0 Å². The van der Waals surface area contributed by atoms with Gasteiger partial charge in [0, 0.05) is 22.1 Å². The van der Waals surface area contributed by atoms with Crippen LogP contribution in [-0.2, 0) is 9.59 Å². The average Bonchev–Trinajstić information content (AvgIpc) is 3.39. The fourth-order valence-electron chi connectivity index (χ4n) is 4.85. The van der Waals surface area contributed by atoms with Gasteiger partial charge in [0.1, 0.15) is 12.1 Å². The number of carbonyl (C=O) groups excluding carboxylic acids is 4. The number of rotatable bonds is 6. The molecule has 4 rings (SSSR count). The van der Waals surface area contributed by atoms with Crippen LogP contribution in [0.4, 0.5) is 0 Å². The first-order valence-electron chi connectivity index (χ1n) is 11.5. The van der Waals surface area contributed by atoms with E-state index < -0.39 is 12.1 Å². The number of ketones is 1. The van der Waals surface area contributed by atoms with Crippen molar-refractivity contribution in [2.45, 2.75) is 44.8 Å². The summed E-state index contributed by atoms with van der Waals surface area (Å²) >= 11 is 3.37. The van der Waals surface area contributed by atoms with Gasteiger partial charge in [-0.15, -0.1) is 0 Å². The molecule has 2 fully saturated rings. The van der Waals surface area contributed by atoms with Crippen LogP contribution in [0.15, 0.2) is 59.1 Å². The molecule has 2 saturated heterocycles. The molecule has 7 nitrogen and oxygen atoms in total. The number of Topliss-reactive ketones (excluding diaryl/α,β-unsaturated/α-hetero) is 1. The Morgan fingerprint density at radius 2 is 1.74 bits per heavy atom. The number of fused-ring (bicyclic) bond motifs is 1. The molecular formula is C26H28BrN3O4. The van der Waals surface area contributed by atoms with E-state index in [0.29, 0.717) is 30.5 Å². The number of hydrogen-bond acceptors (Lipinski definition) is 4. The molecule has 0 aliphatic carbocycles. The van der Waals surface area contributed by atoms with Crippen molar-refractivity contribution < 1.29 is 19.2 Å². The van der Waals surface area contributed by atoms with Crippen molar-refractivity contribution in [1.82, 2.24) is 15.1 Å². The first-order chi connectivity index (χ1) is 16.3. The summed E-state index contributed by atoms with van der Waals surface area (Å²) in [6.45, 7) is 4.34. The fourth-order valence-corrected chi connectivity index (χ4v) is 5.25. The van der Waals surface area contributed by atoms with Gasteiger partial charge >= 0.3 is 0 Å². The van der Waals surface area contributed by atoms with Gasteiger partial charge in [0.15, 0.2) is 5.78 Å². The van der Waals surface area contributed by atoms with Crippen LogP contribution < -0.4 is 5.32 Å². The maximum atomic E-state index is 13.6. The van der Waals surface area contributed by atoms with Gasteiger partial charge in [-0.3, -0.25) is 19.2 Å². The Bertz CT molecular complexity index is 1100. The number of amides is 3. The van der Waals surface area contributed by atoms with Crippen LogP contribution in [0.3, 0.4) is 0 Å². The minimum absolute atomic E-state index is 0.00785. The molecule has 2 heterocycles. The third kappa shape index (κ3) is 4.92. The van der Waals surface area contributed by atoms with Crippen molar-refractivity contribution in [3.05, 3.63) is 70.2 Å². The molecular weight excluding hydrogens is 498 g/mol. The molecule has 0 aromatic heterocycles. The zero-order chi connectivity index (χ0) is 24.4. The molecule has 0 radical (unpaired) electrons. The van der Waals surface area contributed by atoms with Crippen molar-refractivity contribution in [1.29, 1.82) is 0 Å². The van der Waals surface area contributed by atoms with Crippen molar-refractivity contribution in [3.8, 4) is 0 Å². The van der Waals surface area contributed by atoms with Crippen molar-refractivity contribution >= 4 is 39.4 Å². The van der Waals surface area contributed by atoms with E-state index in [1.54, 1.807) is 52.3 Å². The number of hydrogen-bond donors (Lipinski definition) is 1. The summed E-state index contributed by atoms with van der Waals surface area (Å²) in [4.78, 5) is 55.6. The van der Waals surface area contributed by atoms with Crippen LogP contribution in [0.2, 0.25) is 0 Å². The lowest BCUT2D eigenvalue weighted by Gasteiger charge is -2.29. The number of halogens is 1. The maximum Gasteiger partial charge on any atom is 0.254 e. The molecule has 0 bridgehead atoms. The van der Waals surface area contributed by atoms with Crippen LogP contribution >= 0.6 is 15.9 Å². The second kappa shape index (κ2) is 10.1. The van der Waals surface area contributed by atoms with Gasteiger partial charge in [-0.2, -0.15) is 0 Å². The number of nitrogens with one attached hydrogen (secondary N) is 1. The minimum atomic E-state index is -0.753. The molecule has 2 aromatic rings. The highest BCUT2D eigenvalue weighted by Gasteiger charge is 2.52. The fraction of sp³-hybridized carbons (Fsp3) is 0.385. The molecule has 1 N–H and O–H groups in total. The first kappa shape index (κ1) is 24.1. The Balaban J connectivity index is 1.52. The average molecular weight is 526 g/mol. The highest BCUT2D eigenvalue weighted by molar-refractivity contribution is 9.10. The highest BCUT2D eigenvalue weighted by atomic mass is 79.9. The molecule has 0 spiro atoms. The van der Waals surface area contributed by atoms with E-state index in [4.69, 9.17) is 0 Å². The first-order valence-corrected chi connectivity index (χ1v) is 12.3. The molecule has 3 amide bonds. The third-order valence-electron chi connectivity index (χ3n) is 6.38. The van der Waals surface area contributed by atoms with Crippen LogP contribution in [0, 0.1) is 5.92 Å². The Labute approximate surface area is 207 Å². The van der Waals surface area contributed by atoms with E-state index in [2.05, 4.69) is 21.2 Å². The normalized spacial score (nSPS) is 20.4. The predicted octanol–water partition coefficient (Wildman–Crippen LogP) is 3.29. The van der Waals surface area contributed by atoms with Gasteiger partial charge in [-0.05, 0) is 49.1 Å². The molecule has 3 atom stereocenters. The minimum Gasteiger partial charge on any atom is -0.340 e. The smallest absolute Gasteiger partial charge is 0.254 e. The third-order valence-corrected chi connectivity index (χ3v) is 6.88. The standard InChI is InChI=1S/C26H28BrN3O4/c1-16(2)13-20(28-24(32)18-9-6-10-19(27)14-18)26(34)29-12-11-21-23(29)22(31)15-30(21)25(33)17-7-4-3-5-8-17/h3-10,14,16,20-21,23H,11-13,15H2,1-2H3,(H,28,32)/t20-,21?,23-/m0/s1. The number of likely N-dealkylation sites (tertiary alicyclic amines) is 2. The van der Waals surface area contributed by atoms with Crippen LogP contribution in [0.5, 0.6) is 0 Å². The van der Waals surface area contributed by atoms with Crippen LogP contribution in [0.25, 0.3) is 0 Å². The summed E-state index contributed by atoms with van der Waals surface area (Å²) in [5.74, 6) is -0.786. The van der Waals surface area contributed by atoms with Crippen molar-refractivity contribution in [2.24, 2.45) is 5.92 Å². The van der Waals surface area contributed by atoms with E-state index in [-0.39, 0.29) is 42.0 Å². The van der Waals surface area contributed by atoms with Gasteiger partial charge in [0.05, 0.1) is 12.6 Å². The van der Waals surface area contributed by atoms with Crippen LogP contribution in [-0.4, -0.2) is 64.5 Å². The molecule has 2 aliphatic heterocycles. The van der Waals surface area contributed by atoms with E-state index in [0.717, 1.165) is 4.47 Å². The zero-order valence-electron chi connectivity index (χ0n) is 19.2. The Morgan fingerprint density at radius 3 is 2.41 bits per heavy atom. The zero-order valence-corrected chi connectivity index (χ0v) is 20.8. The Hall–Kier alpha value is -3.00. The lowest BCUT2D eigenvalue weighted by atomic mass is 10.0. The number of nitrogens with zero attached hydrogens (tertiary/aromatic N) is 2. The lowest BCUT2D eigenvalue weighted by molar-refractivity contribution is -0.138. The molecule has 2 aliphatic rings. The van der Waals surface area contributed by atoms with E-state index in [9.17, 15) is 19.2 Å². The van der Waals surface area contributed by atoms with Gasteiger partial charge in [-0.25, -0.2) is 0 Å². The Morgan fingerprint density at radius 1 is 1.03 bits per heavy atom. The quantitative estimate of drug-likeness (QED) is 0.626. The molecule has 0 saturated carbocycles. The highest BCUT2D eigenvalue weighted by Crippen LogP contribution is 2.32. The summed E-state index contributed by atoms with van der Waals surface area (Å²) in [5, 5.41) is 2.88. The second-order valence-corrected chi connectivity index (χ2v) is 10.2. The van der Waals surface area contributed by atoms with Crippen LogP contribution in [0.1, 0.15) is 47.4 Å². The molecule has 178 valence electrons. The van der Waals surface area contributed by atoms with Crippen molar-refractivity contribution in [3.63, 3.8) is 0 Å². The number of benzene rings is 2. The second-order valence-electron chi connectivity index (χ2n) is 9.26. The predicted molar refractivity (Wildman–Crippen MR) is 131 cm³/mol. The van der Waals surface area contributed by atoms with Gasteiger partial charge < -0.3 is 15.1 Å².